The second kappa shape index (κ2) is 10.5. The van der Waals surface area contributed by atoms with Gasteiger partial charge < -0.3 is 0 Å². The number of aryl methyl sites for hydroxylation is 1. The zero-order valence-corrected chi connectivity index (χ0v) is 16.8. The lowest BCUT2D eigenvalue weighted by Crippen LogP contribution is -2.22. The van der Waals surface area contributed by atoms with Crippen LogP contribution in [0.3, 0.4) is 0 Å². The van der Waals surface area contributed by atoms with Crippen molar-refractivity contribution in [2.75, 3.05) is 0 Å². The predicted octanol–water partition coefficient (Wildman–Crippen LogP) is 7.96. The summed E-state index contributed by atoms with van der Waals surface area (Å²) in [6, 6.07) is 6.99. The Labute approximate surface area is 147 Å². The summed E-state index contributed by atoms with van der Waals surface area (Å²) in [6.45, 7) is 9.29. The summed E-state index contributed by atoms with van der Waals surface area (Å²) in [5.41, 5.74) is 3.26. The van der Waals surface area contributed by atoms with Crippen molar-refractivity contribution in [3.8, 4) is 0 Å². The van der Waals surface area contributed by atoms with Crippen molar-refractivity contribution >= 4 is 15.9 Å². The maximum absolute atomic E-state index is 3.64. The average Bonchev–Trinajstić information content (AvgIpc) is 2.51. The molecule has 0 radical (unpaired) electrons. The summed E-state index contributed by atoms with van der Waals surface area (Å²) in [5.74, 6) is 0. The topological polar surface area (TPSA) is 0 Å². The van der Waals surface area contributed by atoms with E-state index in [-0.39, 0.29) is 0 Å². The van der Waals surface area contributed by atoms with E-state index in [1.165, 1.54) is 74.2 Å². The lowest BCUT2D eigenvalue weighted by Gasteiger charge is -2.31. The van der Waals surface area contributed by atoms with Crippen LogP contribution in [0, 0.1) is 6.92 Å². The molecule has 0 saturated carbocycles. The Morgan fingerprint density at radius 3 is 1.86 bits per heavy atom. The predicted molar refractivity (Wildman–Crippen MR) is 104 cm³/mol. The van der Waals surface area contributed by atoms with Crippen molar-refractivity contribution in [1.82, 2.24) is 0 Å². The van der Waals surface area contributed by atoms with Gasteiger partial charge >= 0.3 is 0 Å². The highest BCUT2D eigenvalue weighted by Gasteiger charge is 2.26. The van der Waals surface area contributed by atoms with E-state index in [9.17, 15) is 0 Å². The maximum atomic E-state index is 3.64. The Morgan fingerprint density at radius 2 is 1.41 bits per heavy atom. The minimum atomic E-state index is 0.354. The van der Waals surface area contributed by atoms with Crippen molar-refractivity contribution in [2.24, 2.45) is 0 Å². The third-order valence-corrected chi connectivity index (χ3v) is 5.91. The van der Waals surface area contributed by atoms with Gasteiger partial charge in [-0.25, -0.2) is 0 Å². The van der Waals surface area contributed by atoms with E-state index in [4.69, 9.17) is 0 Å². The molecule has 0 atom stereocenters. The van der Waals surface area contributed by atoms with E-state index in [2.05, 4.69) is 61.8 Å². The lowest BCUT2D eigenvalue weighted by molar-refractivity contribution is 0.364. The van der Waals surface area contributed by atoms with Crippen molar-refractivity contribution < 1.29 is 0 Å². The first-order valence-corrected chi connectivity index (χ1v) is 10.1. The maximum Gasteiger partial charge on any atom is 0.0204 e. The highest BCUT2D eigenvalue weighted by Crippen LogP contribution is 2.37. The number of benzene rings is 1. The smallest absolute Gasteiger partial charge is 0.0204 e. The quantitative estimate of drug-likeness (QED) is 0.348. The highest BCUT2D eigenvalue weighted by molar-refractivity contribution is 9.10. The van der Waals surface area contributed by atoms with Crippen molar-refractivity contribution in [3.05, 3.63) is 33.8 Å². The fourth-order valence-corrected chi connectivity index (χ4v) is 3.56. The molecule has 0 spiro atoms. The Morgan fingerprint density at radius 1 is 0.864 bits per heavy atom. The van der Waals surface area contributed by atoms with Crippen LogP contribution in [0.5, 0.6) is 0 Å². The first kappa shape index (κ1) is 19.7. The van der Waals surface area contributed by atoms with Crippen LogP contribution in [0.25, 0.3) is 0 Å². The Balaban J connectivity index is 2.76. The number of rotatable bonds is 11. The molecule has 0 fully saturated rings. The molecule has 0 amide bonds. The van der Waals surface area contributed by atoms with Crippen molar-refractivity contribution in [1.29, 1.82) is 0 Å². The SMILES string of the molecule is CCCCCCC(C)(CCCCCC)c1ccc(Br)c(C)c1. The molecule has 0 N–H and O–H groups in total. The van der Waals surface area contributed by atoms with Crippen LogP contribution < -0.4 is 0 Å². The minimum absolute atomic E-state index is 0.354. The third kappa shape index (κ3) is 6.44. The molecule has 1 heteroatoms. The first-order valence-electron chi connectivity index (χ1n) is 9.30. The lowest BCUT2D eigenvalue weighted by atomic mass is 9.74. The van der Waals surface area contributed by atoms with Gasteiger partial charge in [0.25, 0.3) is 0 Å². The zero-order valence-electron chi connectivity index (χ0n) is 15.2. The number of unbranched alkanes of at least 4 members (excludes halogenated alkanes) is 6. The minimum Gasteiger partial charge on any atom is -0.0654 e. The fraction of sp³-hybridized carbons (Fsp3) is 0.714. The van der Waals surface area contributed by atoms with Gasteiger partial charge in [0.05, 0.1) is 0 Å². The second-order valence-electron chi connectivity index (χ2n) is 7.15. The monoisotopic (exact) mass is 366 g/mol. The van der Waals surface area contributed by atoms with E-state index in [1.807, 2.05) is 0 Å². The van der Waals surface area contributed by atoms with Crippen LogP contribution in [-0.2, 0) is 5.41 Å². The summed E-state index contributed by atoms with van der Waals surface area (Å²) in [4.78, 5) is 0. The molecule has 0 aliphatic rings. The Bertz CT molecular complexity index is 410. The summed E-state index contributed by atoms with van der Waals surface area (Å²) in [5, 5.41) is 0. The molecule has 22 heavy (non-hydrogen) atoms. The van der Waals surface area contributed by atoms with Gasteiger partial charge in [-0.15, -0.1) is 0 Å². The molecule has 0 unspecified atom stereocenters. The summed E-state index contributed by atoms with van der Waals surface area (Å²) in [6.07, 6.45) is 13.6. The van der Waals surface area contributed by atoms with Gasteiger partial charge in [0, 0.05) is 4.47 Å². The molecule has 1 aromatic rings. The third-order valence-electron chi connectivity index (χ3n) is 5.02. The molecule has 0 aliphatic carbocycles. The van der Waals surface area contributed by atoms with Gasteiger partial charge in [-0.1, -0.05) is 100 Å². The molecule has 0 heterocycles. The van der Waals surface area contributed by atoms with Crippen LogP contribution in [0.2, 0.25) is 0 Å². The molecule has 126 valence electrons. The molecular weight excluding hydrogens is 332 g/mol. The van der Waals surface area contributed by atoms with E-state index in [0.29, 0.717) is 5.41 Å². The van der Waals surface area contributed by atoms with E-state index in [1.54, 1.807) is 5.56 Å². The molecule has 0 aliphatic heterocycles. The van der Waals surface area contributed by atoms with Crippen LogP contribution >= 0.6 is 15.9 Å². The van der Waals surface area contributed by atoms with Gasteiger partial charge in [0.1, 0.15) is 0 Å². The van der Waals surface area contributed by atoms with Gasteiger partial charge in [-0.3, -0.25) is 0 Å². The van der Waals surface area contributed by atoms with E-state index in [0.717, 1.165) is 0 Å². The second-order valence-corrected chi connectivity index (χ2v) is 8.00. The summed E-state index contributed by atoms with van der Waals surface area (Å²) < 4.78 is 1.23. The van der Waals surface area contributed by atoms with E-state index >= 15 is 0 Å². The van der Waals surface area contributed by atoms with Gasteiger partial charge in [0.15, 0.2) is 0 Å². The molecule has 0 bridgehead atoms. The highest BCUT2D eigenvalue weighted by atomic mass is 79.9. The molecular formula is C21H35Br. The largest absolute Gasteiger partial charge is 0.0654 e. The number of hydrogen-bond donors (Lipinski definition) is 0. The van der Waals surface area contributed by atoms with E-state index < -0.39 is 0 Å². The Hall–Kier alpha value is -0.300. The number of halogens is 1. The van der Waals surface area contributed by atoms with Gasteiger partial charge in [-0.05, 0) is 42.4 Å². The normalized spacial score (nSPS) is 11.9. The standard InChI is InChI=1S/C21H35Br/c1-5-7-9-11-15-21(4,16-12-10-8-6-2)19-13-14-20(22)18(3)17-19/h13-14,17H,5-12,15-16H2,1-4H3. The molecule has 0 saturated heterocycles. The van der Waals surface area contributed by atoms with Gasteiger partial charge in [-0.2, -0.15) is 0 Å². The molecule has 1 rings (SSSR count). The van der Waals surface area contributed by atoms with Crippen LogP contribution in [0.4, 0.5) is 0 Å². The van der Waals surface area contributed by atoms with Crippen molar-refractivity contribution in [3.63, 3.8) is 0 Å². The average molecular weight is 367 g/mol. The summed E-state index contributed by atoms with van der Waals surface area (Å²) in [7, 11) is 0. The molecule has 0 nitrogen and oxygen atoms in total. The zero-order chi connectivity index (χ0) is 16.4. The fourth-order valence-electron chi connectivity index (χ4n) is 3.32. The van der Waals surface area contributed by atoms with Gasteiger partial charge in [0.2, 0.25) is 0 Å². The van der Waals surface area contributed by atoms with Crippen LogP contribution in [0.1, 0.15) is 96.1 Å². The van der Waals surface area contributed by atoms with Crippen LogP contribution in [-0.4, -0.2) is 0 Å². The molecule has 1 aromatic carbocycles. The Kier molecular flexibility index (Phi) is 9.40. The number of hydrogen-bond acceptors (Lipinski definition) is 0. The van der Waals surface area contributed by atoms with Crippen molar-refractivity contribution in [2.45, 2.75) is 97.3 Å². The van der Waals surface area contributed by atoms with Crippen LogP contribution in [0.15, 0.2) is 22.7 Å². The molecule has 0 aromatic heterocycles. The first-order chi connectivity index (χ1) is 10.5. The summed E-state index contributed by atoms with van der Waals surface area (Å²) >= 11 is 3.64.